The normalized spacial score (nSPS) is 13.0. The van der Waals surface area contributed by atoms with Gasteiger partial charge >= 0.3 is 0 Å². The lowest BCUT2D eigenvalue weighted by molar-refractivity contribution is -0.117. The predicted octanol–water partition coefficient (Wildman–Crippen LogP) is 3.57. The van der Waals surface area contributed by atoms with Crippen LogP contribution in [0.25, 0.3) is 11.3 Å². The second kappa shape index (κ2) is 8.55. The molecule has 1 fully saturated rings. The van der Waals surface area contributed by atoms with Gasteiger partial charge in [0.25, 0.3) is 0 Å². The lowest BCUT2D eigenvalue weighted by Gasteiger charge is -2.17. The van der Waals surface area contributed by atoms with Crippen LogP contribution >= 0.6 is 0 Å². The number of aryl methyl sites for hydroxylation is 1. The summed E-state index contributed by atoms with van der Waals surface area (Å²) in [6.07, 6.45) is 5.29. The Bertz CT molecular complexity index is 1140. The van der Waals surface area contributed by atoms with E-state index >= 15 is 0 Å². The number of ether oxygens (including phenoxy) is 1. The van der Waals surface area contributed by atoms with E-state index in [9.17, 15) is 9.59 Å². The molecule has 2 aromatic heterocycles. The average molecular weight is 420 g/mol. The Morgan fingerprint density at radius 1 is 1.23 bits per heavy atom. The van der Waals surface area contributed by atoms with Gasteiger partial charge in [-0.15, -0.1) is 0 Å². The minimum Gasteiger partial charge on any atom is -0.494 e. The molecule has 2 heterocycles. The van der Waals surface area contributed by atoms with Crippen LogP contribution in [-0.2, 0) is 11.8 Å². The highest BCUT2D eigenvalue weighted by atomic mass is 16.5. The van der Waals surface area contributed by atoms with Gasteiger partial charge in [0.1, 0.15) is 11.5 Å². The fourth-order valence-corrected chi connectivity index (χ4v) is 3.28. The van der Waals surface area contributed by atoms with Gasteiger partial charge in [-0.2, -0.15) is 15.0 Å². The monoisotopic (exact) mass is 420 g/mol. The maximum atomic E-state index is 12.5. The third-order valence-electron chi connectivity index (χ3n) is 5.09. The highest BCUT2D eigenvalue weighted by Crippen LogP contribution is 2.38. The van der Waals surface area contributed by atoms with E-state index in [2.05, 4.69) is 25.8 Å². The molecule has 0 saturated heterocycles. The molecule has 1 saturated carbocycles. The van der Waals surface area contributed by atoms with Crippen LogP contribution in [0.3, 0.4) is 0 Å². The van der Waals surface area contributed by atoms with E-state index in [4.69, 9.17) is 4.74 Å². The van der Waals surface area contributed by atoms with Crippen molar-refractivity contribution in [2.75, 3.05) is 17.7 Å². The highest BCUT2D eigenvalue weighted by molar-refractivity contribution is 6.03. The molecule has 31 heavy (non-hydrogen) atoms. The third kappa shape index (κ3) is 4.40. The molecule has 9 nitrogen and oxygen atoms in total. The average Bonchev–Trinajstić information content (AvgIpc) is 3.54. The third-order valence-corrected chi connectivity index (χ3v) is 5.09. The number of hydrogen-bond acceptors (Lipinski definition) is 7. The molecule has 2 N–H and O–H groups in total. The van der Waals surface area contributed by atoms with Gasteiger partial charge < -0.3 is 15.4 Å². The van der Waals surface area contributed by atoms with E-state index in [1.165, 1.54) is 11.0 Å². The Morgan fingerprint density at radius 3 is 2.68 bits per heavy atom. The van der Waals surface area contributed by atoms with Gasteiger partial charge in [0.2, 0.25) is 5.91 Å². The molecule has 0 unspecified atom stereocenters. The number of para-hydroxylation sites is 1. The molecule has 0 atom stereocenters. The maximum absolute atomic E-state index is 12.5. The van der Waals surface area contributed by atoms with Crippen molar-refractivity contribution in [2.45, 2.75) is 26.2 Å². The Kier molecular flexibility index (Phi) is 5.66. The number of benzene rings is 1. The number of anilines is 3. The number of ketones is 1. The van der Waals surface area contributed by atoms with Crippen LogP contribution in [0.5, 0.6) is 5.75 Å². The van der Waals surface area contributed by atoms with E-state index in [1.54, 1.807) is 33.3 Å². The van der Waals surface area contributed by atoms with Gasteiger partial charge in [0, 0.05) is 37.2 Å². The van der Waals surface area contributed by atoms with Crippen LogP contribution in [0.15, 0.2) is 36.7 Å². The molecule has 1 aliphatic rings. The lowest BCUT2D eigenvalue weighted by atomic mass is 10.1. The van der Waals surface area contributed by atoms with Gasteiger partial charge in [-0.25, -0.2) is 4.98 Å². The Balaban J connectivity index is 1.71. The molecule has 160 valence electrons. The minimum atomic E-state index is -0.0564. The van der Waals surface area contributed by atoms with Crippen LogP contribution in [0.4, 0.5) is 17.2 Å². The zero-order chi connectivity index (χ0) is 22.0. The summed E-state index contributed by atoms with van der Waals surface area (Å²) in [5.41, 5.74) is 3.07. The second-order valence-corrected chi connectivity index (χ2v) is 7.39. The quantitative estimate of drug-likeness (QED) is 0.536. The first-order valence-electron chi connectivity index (χ1n) is 10.1. The molecule has 1 amide bonds. The number of nitrogens with one attached hydrogen (secondary N) is 2. The van der Waals surface area contributed by atoms with Gasteiger partial charge in [0.05, 0.1) is 30.2 Å². The minimum absolute atomic E-state index is 0.0461. The summed E-state index contributed by atoms with van der Waals surface area (Å²) < 4.78 is 5.66. The predicted molar refractivity (Wildman–Crippen MR) is 116 cm³/mol. The fraction of sp³-hybridized carbons (Fsp3) is 0.318. The van der Waals surface area contributed by atoms with Crippen molar-refractivity contribution in [2.24, 2.45) is 13.0 Å². The number of aromatic nitrogens is 4. The van der Waals surface area contributed by atoms with Crippen LogP contribution < -0.4 is 15.4 Å². The van der Waals surface area contributed by atoms with Crippen molar-refractivity contribution in [1.29, 1.82) is 0 Å². The number of carbonyl (C=O) groups excluding carboxylic acids is 2. The molecule has 0 bridgehead atoms. The molecular weight excluding hydrogens is 396 g/mol. The summed E-state index contributed by atoms with van der Waals surface area (Å²) in [7, 11) is 3.32. The summed E-state index contributed by atoms with van der Waals surface area (Å²) >= 11 is 0. The SMILES string of the molecule is CCC(=O)c1cnc(NC(=O)C2CC2)cc1Nc1cccc(-c2cnn(C)n2)c1OC. The first-order chi connectivity index (χ1) is 15.0. The standard InChI is InChI=1S/C22H24N6O3/c1-4-19(29)15-11-23-20(26-22(30)13-8-9-13)10-17(15)25-16-7-5-6-14(21(16)31-3)18-12-24-28(2)27-18/h5-7,10-13H,4,8-9H2,1-3H3,(H2,23,25,26,30). The summed E-state index contributed by atoms with van der Waals surface area (Å²) in [5, 5.41) is 14.6. The summed E-state index contributed by atoms with van der Waals surface area (Å²) in [5.74, 6) is 0.919. The van der Waals surface area contributed by atoms with E-state index in [-0.39, 0.29) is 17.6 Å². The van der Waals surface area contributed by atoms with Crippen molar-refractivity contribution in [3.05, 3.63) is 42.2 Å². The van der Waals surface area contributed by atoms with Crippen LogP contribution in [-0.4, -0.2) is 38.8 Å². The Hall–Kier alpha value is -3.75. The number of carbonyl (C=O) groups is 2. The number of amides is 1. The van der Waals surface area contributed by atoms with Gasteiger partial charge in [-0.1, -0.05) is 13.0 Å². The summed E-state index contributed by atoms with van der Waals surface area (Å²) in [6.45, 7) is 1.80. The van der Waals surface area contributed by atoms with Crippen molar-refractivity contribution in [3.63, 3.8) is 0 Å². The van der Waals surface area contributed by atoms with Gasteiger partial charge in [0.15, 0.2) is 11.5 Å². The second-order valence-electron chi connectivity index (χ2n) is 7.39. The Morgan fingerprint density at radius 2 is 2.03 bits per heavy atom. The first kappa shape index (κ1) is 20.5. The van der Waals surface area contributed by atoms with E-state index in [0.29, 0.717) is 40.6 Å². The van der Waals surface area contributed by atoms with Gasteiger partial charge in [-0.05, 0) is 25.0 Å². The first-order valence-corrected chi connectivity index (χ1v) is 10.1. The van der Waals surface area contributed by atoms with Crippen molar-refractivity contribution in [3.8, 4) is 17.0 Å². The molecule has 1 aliphatic carbocycles. The number of methoxy groups -OCH3 is 1. The largest absolute Gasteiger partial charge is 0.494 e. The molecule has 4 rings (SSSR count). The highest BCUT2D eigenvalue weighted by Gasteiger charge is 2.30. The number of rotatable bonds is 8. The van der Waals surface area contributed by atoms with E-state index in [0.717, 1.165) is 18.4 Å². The molecule has 9 heteroatoms. The van der Waals surface area contributed by atoms with Crippen LogP contribution in [0.2, 0.25) is 0 Å². The van der Waals surface area contributed by atoms with E-state index < -0.39 is 0 Å². The number of pyridine rings is 1. The van der Waals surface area contributed by atoms with Crippen LogP contribution in [0, 0.1) is 5.92 Å². The summed E-state index contributed by atoms with van der Waals surface area (Å²) in [4.78, 5) is 30.4. The van der Waals surface area contributed by atoms with Gasteiger partial charge in [-0.3, -0.25) is 9.59 Å². The molecule has 0 aliphatic heterocycles. The lowest BCUT2D eigenvalue weighted by Crippen LogP contribution is -2.15. The topological polar surface area (TPSA) is 111 Å². The zero-order valence-corrected chi connectivity index (χ0v) is 17.7. The summed E-state index contributed by atoms with van der Waals surface area (Å²) in [6, 6.07) is 7.28. The van der Waals surface area contributed by atoms with E-state index in [1.807, 2.05) is 18.2 Å². The molecule has 1 aromatic carbocycles. The number of nitrogens with zero attached hydrogens (tertiary/aromatic N) is 4. The van der Waals surface area contributed by atoms with Crippen LogP contribution in [0.1, 0.15) is 36.5 Å². The molecule has 0 radical (unpaired) electrons. The van der Waals surface area contributed by atoms with Crippen molar-refractivity contribution >= 4 is 28.9 Å². The van der Waals surface area contributed by atoms with Crippen molar-refractivity contribution < 1.29 is 14.3 Å². The number of hydrogen-bond donors (Lipinski definition) is 2. The fourth-order valence-electron chi connectivity index (χ4n) is 3.28. The number of Topliss-reactive ketones (excluding diaryl/α,β-unsaturated/α-hetero) is 1. The smallest absolute Gasteiger partial charge is 0.228 e. The molecular formula is C22H24N6O3. The molecule has 3 aromatic rings. The van der Waals surface area contributed by atoms with Crippen molar-refractivity contribution in [1.82, 2.24) is 20.0 Å². The zero-order valence-electron chi connectivity index (χ0n) is 17.7. The molecule has 0 spiro atoms. The maximum Gasteiger partial charge on any atom is 0.228 e. The Labute approximate surface area is 179 Å².